The van der Waals surface area contributed by atoms with E-state index >= 15 is 0 Å². The number of aliphatic hydroxyl groups excluding tert-OH is 3. The molecule has 0 spiro atoms. The fraction of sp³-hybridized carbons (Fsp3) is 0.333. The first kappa shape index (κ1) is 24.4. The van der Waals surface area contributed by atoms with Crippen molar-refractivity contribution in [1.82, 2.24) is 5.32 Å². The lowest BCUT2D eigenvalue weighted by Crippen LogP contribution is -2.60. The minimum atomic E-state index is -1.68. The van der Waals surface area contributed by atoms with Gasteiger partial charge in [-0.15, -0.1) is 0 Å². The number of amides is 1. The third-order valence-corrected chi connectivity index (χ3v) is 5.32. The molecule has 1 aliphatic heterocycles. The van der Waals surface area contributed by atoms with Crippen LogP contribution < -0.4 is 5.32 Å². The van der Waals surface area contributed by atoms with Crippen LogP contribution in [0.15, 0.2) is 66.4 Å². The van der Waals surface area contributed by atoms with Crippen LogP contribution in [-0.2, 0) is 25.7 Å². The van der Waals surface area contributed by atoms with Crippen LogP contribution in [0, 0.1) is 0 Å². The first-order chi connectivity index (χ1) is 15.8. The molecular formula is C24H27NO8. The summed E-state index contributed by atoms with van der Waals surface area (Å²) in [6.45, 7) is 0.542. The maximum atomic E-state index is 11.8. The highest BCUT2D eigenvalue weighted by Crippen LogP contribution is 2.28. The highest BCUT2D eigenvalue weighted by molar-refractivity contribution is 5.84. The van der Waals surface area contributed by atoms with Crippen molar-refractivity contribution in [1.29, 1.82) is 0 Å². The van der Waals surface area contributed by atoms with E-state index in [1.165, 1.54) is 13.0 Å². The van der Waals surface area contributed by atoms with E-state index in [9.17, 15) is 30.0 Å². The fourth-order valence-electron chi connectivity index (χ4n) is 3.71. The van der Waals surface area contributed by atoms with Gasteiger partial charge in [0.05, 0.1) is 19.3 Å². The molecule has 0 radical (unpaired) electrons. The zero-order chi connectivity index (χ0) is 24.0. The smallest absolute Gasteiger partial charge is 0.370 e. The molecule has 3 rings (SSSR count). The van der Waals surface area contributed by atoms with Crippen LogP contribution in [0.5, 0.6) is 0 Å². The van der Waals surface area contributed by atoms with Crippen LogP contribution in [0.3, 0.4) is 0 Å². The second-order valence-corrected chi connectivity index (χ2v) is 7.68. The number of carbonyl (C=O) groups is 2. The lowest BCUT2D eigenvalue weighted by molar-refractivity contribution is -0.152. The summed E-state index contributed by atoms with van der Waals surface area (Å²) in [4.78, 5) is 23.5. The number of carbonyl (C=O) groups excluding carboxylic acids is 1. The van der Waals surface area contributed by atoms with Gasteiger partial charge in [-0.25, -0.2) is 4.79 Å². The number of nitrogens with one attached hydrogen (secondary N) is 1. The standard InChI is InChI=1S/C24H27NO8/c1-14(27)25-21-19(11-20(24(30)31)33-23(21)22(29)18(28)12-26)32-13-16-9-5-6-10-17(16)15-7-3-2-4-8-15/h2-11,18-19,21-23,26,28-29H,12-13H2,1H3,(H,25,27)(H,30,31)/t18-,19+,21-,22-,23-/m1/s1. The largest absolute Gasteiger partial charge is 0.478 e. The molecule has 1 aliphatic rings. The van der Waals surface area contributed by atoms with Crippen LogP contribution in [0.2, 0.25) is 0 Å². The Bertz CT molecular complexity index is 993. The van der Waals surface area contributed by atoms with Crippen LogP contribution >= 0.6 is 0 Å². The molecule has 176 valence electrons. The Kier molecular flexibility index (Phi) is 8.18. The third-order valence-electron chi connectivity index (χ3n) is 5.32. The van der Waals surface area contributed by atoms with E-state index in [2.05, 4.69) is 5.32 Å². The van der Waals surface area contributed by atoms with Crippen LogP contribution in [0.1, 0.15) is 12.5 Å². The molecule has 1 amide bonds. The average Bonchev–Trinajstić information content (AvgIpc) is 2.82. The highest BCUT2D eigenvalue weighted by atomic mass is 16.5. The first-order valence-electron chi connectivity index (χ1n) is 10.4. The van der Waals surface area contributed by atoms with E-state index in [4.69, 9.17) is 9.47 Å². The van der Waals surface area contributed by atoms with Crippen molar-refractivity contribution < 1.29 is 39.5 Å². The summed E-state index contributed by atoms with van der Waals surface area (Å²) in [7, 11) is 0. The third kappa shape index (κ3) is 5.96. The van der Waals surface area contributed by atoms with Crippen LogP contribution in [-0.4, -0.2) is 69.4 Å². The van der Waals surface area contributed by atoms with Crippen molar-refractivity contribution in [2.45, 2.75) is 44.0 Å². The Hall–Kier alpha value is -3.24. The SMILES string of the molecule is CC(=O)N[C@H]1[C@H]([C@H](O)[C@H](O)CO)OC(C(=O)O)=C[C@@H]1OCc1ccccc1-c1ccccc1. The zero-order valence-corrected chi connectivity index (χ0v) is 18.0. The molecule has 0 bridgehead atoms. The molecule has 5 atom stereocenters. The van der Waals surface area contributed by atoms with Gasteiger partial charge in [-0.05, 0) is 22.8 Å². The van der Waals surface area contributed by atoms with Gasteiger partial charge < -0.3 is 35.2 Å². The molecule has 0 aromatic heterocycles. The maximum Gasteiger partial charge on any atom is 0.370 e. The number of hydrogen-bond donors (Lipinski definition) is 5. The van der Waals surface area contributed by atoms with Gasteiger partial charge in [0.2, 0.25) is 11.7 Å². The van der Waals surface area contributed by atoms with E-state index in [0.717, 1.165) is 16.7 Å². The van der Waals surface area contributed by atoms with E-state index in [0.29, 0.717) is 0 Å². The number of carboxylic acids is 1. The summed E-state index contributed by atoms with van der Waals surface area (Å²) in [5.74, 6) is -2.36. The molecule has 1 heterocycles. The number of carboxylic acid groups (broad SMARTS) is 1. The Morgan fingerprint density at radius 2 is 1.76 bits per heavy atom. The number of aliphatic carboxylic acids is 1. The molecule has 33 heavy (non-hydrogen) atoms. The monoisotopic (exact) mass is 457 g/mol. The predicted molar refractivity (Wildman–Crippen MR) is 118 cm³/mol. The van der Waals surface area contributed by atoms with Gasteiger partial charge in [-0.3, -0.25) is 4.79 Å². The summed E-state index contributed by atoms with van der Waals surface area (Å²) in [5.41, 5.74) is 2.73. The van der Waals surface area contributed by atoms with Crippen molar-refractivity contribution in [2.24, 2.45) is 0 Å². The summed E-state index contributed by atoms with van der Waals surface area (Å²) in [6, 6.07) is 16.2. The molecule has 0 unspecified atom stereocenters. The van der Waals surface area contributed by atoms with Crippen molar-refractivity contribution in [3.63, 3.8) is 0 Å². The Balaban J connectivity index is 1.91. The Labute approximate surface area is 190 Å². The Morgan fingerprint density at radius 3 is 2.39 bits per heavy atom. The number of aliphatic hydroxyl groups is 3. The zero-order valence-electron chi connectivity index (χ0n) is 18.0. The minimum absolute atomic E-state index is 0.0700. The van der Waals surface area contributed by atoms with Crippen molar-refractivity contribution >= 4 is 11.9 Å². The minimum Gasteiger partial charge on any atom is -0.478 e. The molecule has 9 heteroatoms. The van der Waals surface area contributed by atoms with Gasteiger partial charge in [0.1, 0.15) is 18.3 Å². The van der Waals surface area contributed by atoms with Gasteiger partial charge in [-0.2, -0.15) is 0 Å². The van der Waals surface area contributed by atoms with E-state index < -0.39 is 54.7 Å². The number of ether oxygens (including phenoxy) is 2. The maximum absolute atomic E-state index is 11.8. The van der Waals surface area contributed by atoms with Gasteiger partial charge in [-0.1, -0.05) is 54.6 Å². The predicted octanol–water partition coefficient (Wildman–Crippen LogP) is 0.825. The molecule has 0 aliphatic carbocycles. The van der Waals surface area contributed by atoms with E-state index in [1.807, 2.05) is 54.6 Å². The molecule has 9 nitrogen and oxygen atoms in total. The first-order valence-corrected chi connectivity index (χ1v) is 10.4. The summed E-state index contributed by atoms with van der Waals surface area (Å²) < 4.78 is 11.4. The summed E-state index contributed by atoms with van der Waals surface area (Å²) >= 11 is 0. The number of hydrogen-bond acceptors (Lipinski definition) is 7. The summed E-state index contributed by atoms with van der Waals surface area (Å²) in [5, 5.41) is 41.7. The Morgan fingerprint density at radius 1 is 1.09 bits per heavy atom. The fourth-order valence-corrected chi connectivity index (χ4v) is 3.71. The lowest BCUT2D eigenvalue weighted by Gasteiger charge is -2.39. The molecule has 0 saturated heterocycles. The van der Waals surface area contributed by atoms with Crippen molar-refractivity contribution in [2.75, 3.05) is 6.61 Å². The van der Waals surface area contributed by atoms with Crippen molar-refractivity contribution in [3.8, 4) is 11.1 Å². The molecular weight excluding hydrogens is 430 g/mol. The normalized spacial score (nSPS) is 21.9. The van der Waals surface area contributed by atoms with Gasteiger partial charge >= 0.3 is 5.97 Å². The molecule has 0 fully saturated rings. The second-order valence-electron chi connectivity index (χ2n) is 7.68. The van der Waals surface area contributed by atoms with Gasteiger partial charge in [0.25, 0.3) is 0 Å². The van der Waals surface area contributed by atoms with Crippen molar-refractivity contribution in [3.05, 3.63) is 72.0 Å². The summed E-state index contributed by atoms with van der Waals surface area (Å²) in [6.07, 6.45) is -4.45. The number of rotatable bonds is 9. The molecule has 2 aromatic carbocycles. The molecule has 2 aromatic rings. The van der Waals surface area contributed by atoms with E-state index in [-0.39, 0.29) is 6.61 Å². The lowest BCUT2D eigenvalue weighted by atomic mass is 9.93. The quantitative estimate of drug-likeness (QED) is 0.372. The van der Waals surface area contributed by atoms with Crippen LogP contribution in [0.4, 0.5) is 0 Å². The van der Waals surface area contributed by atoms with Crippen LogP contribution in [0.25, 0.3) is 11.1 Å². The molecule has 5 N–H and O–H groups in total. The topological polar surface area (TPSA) is 146 Å². The number of benzene rings is 2. The second kappa shape index (κ2) is 11.1. The average molecular weight is 457 g/mol. The van der Waals surface area contributed by atoms with E-state index in [1.54, 1.807) is 0 Å². The van der Waals surface area contributed by atoms with Gasteiger partial charge in [0.15, 0.2) is 6.10 Å². The van der Waals surface area contributed by atoms with Gasteiger partial charge in [0, 0.05) is 6.92 Å². The highest BCUT2D eigenvalue weighted by Gasteiger charge is 2.44. The molecule has 0 saturated carbocycles.